The molecule has 0 bridgehead atoms. The van der Waals surface area contributed by atoms with Gasteiger partial charge in [-0.25, -0.2) is 0 Å². The van der Waals surface area contributed by atoms with E-state index < -0.39 is 0 Å². The summed E-state index contributed by atoms with van der Waals surface area (Å²) in [5.74, 6) is 0.286. The largest absolute Gasteiger partial charge is 0.379 e. The molecule has 0 radical (unpaired) electrons. The molecule has 1 aromatic rings. The van der Waals surface area contributed by atoms with Crippen LogP contribution < -0.4 is 0 Å². The second-order valence-electron chi connectivity index (χ2n) is 6.82. The summed E-state index contributed by atoms with van der Waals surface area (Å²) < 4.78 is 5.43. The van der Waals surface area contributed by atoms with Gasteiger partial charge in [0.25, 0.3) is 0 Å². The first kappa shape index (κ1) is 16.5. The molecule has 1 amide bonds. The molecule has 1 atom stereocenters. The summed E-state index contributed by atoms with van der Waals surface area (Å²) in [6.45, 7) is 7.64. The van der Waals surface area contributed by atoms with Gasteiger partial charge in [0.1, 0.15) is 0 Å². The average Bonchev–Trinajstić information content (AvgIpc) is 2.56. The number of rotatable bonds is 4. The second kappa shape index (κ2) is 7.93. The van der Waals surface area contributed by atoms with Crippen LogP contribution in [0.25, 0.3) is 0 Å². The molecule has 23 heavy (non-hydrogen) atoms. The fourth-order valence-electron chi connectivity index (χ4n) is 3.70. The maximum absolute atomic E-state index is 12.8. The van der Waals surface area contributed by atoms with Crippen molar-refractivity contribution < 1.29 is 9.53 Å². The zero-order valence-electron chi connectivity index (χ0n) is 14.2. The fourth-order valence-corrected chi connectivity index (χ4v) is 3.70. The summed E-state index contributed by atoms with van der Waals surface area (Å²) in [6.07, 6.45) is 4.04. The Labute approximate surface area is 139 Å². The molecule has 1 aromatic carbocycles. The predicted molar refractivity (Wildman–Crippen MR) is 91.5 cm³/mol. The number of likely N-dealkylation sites (tertiary alicyclic amines) is 1. The number of morpholine rings is 1. The molecule has 2 aliphatic rings. The Kier molecular flexibility index (Phi) is 5.68. The first-order valence-corrected chi connectivity index (χ1v) is 8.87. The summed E-state index contributed by atoms with van der Waals surface area (Å²) in [5, 5.41) is 0. The van der Waals surface area contributed by atoms with Crippen LogP contribution in [0.4, 0.5) is 0 Å². The lowest BCUT2D eigenvalue weighted by Crippen LogP contribution is -2.51. The standard InChI is InChI=1S/C19H28N2O2/c1-16-5-4-6-17(13-16)14-19(22)21-8-3-2-7-18(21)15-20-9-11-23-12-10-20/h4-6,13,18H,2-3,7-12,14-15H2,1H3/t18-/m0/s1. The SMILES string of the molecule is Cc1cccc(CC(=O)N2CCCC[C@H]2CN2CCOCC2)c1. The van der Waals surface area contributed by atoms with Crippen LogP contribution in [0, 0.1) is 6.92 Å². The van der Waals surface area contributed by atoms with E-state index in [0.29, 0.717) is 12.5 Å². The lowest BCUT2D eigenvalue weighted by molar-refractivity contribution is -0.134. The molecular formula is C19H28N2O2. The molecule has 2 heterocycles. The predicted octanol–water partition coefficient (Wildman–Crippen LogP) is 2.25. The van der Waals surface area contributed by atoms with Crippen molar-refractivity contribution in [2.45, 2.75) is 38.6 Å². The van der Waals surface area contributed by atoms with E-state index >= 15 is 0 Å². The van der Waals surface area contributed by atoms with Crippen molar-refractivity contribution in [3.05, 3.63) is 35.4 Å². The Morgan fingerprint density at radius 2 is 2.04 bits per heavy atom. The van der Waals surface area contributed by atoms with E-state index in [-0.39, 0.29) is 5.91 Å². The lowest BCUT2D eigenvalue weighted by atomic mass is 9.99. The second-order valence-corrected chi connectivity index (χ2v) is 6.82. The van der Waals surface area contributed by atoms with Gasteiger partial charge in [0.05, 0.1) is 19.6 Å². The van der Waals surface area contributed by atoms with Crippen molar-refractivity contribution in [2.24, 2.45) is 0 Å². The summed E-state index contributed by atoms with van der Waals surface area (Å²) in [7, 11) is 0. The third-order valence-corrected chi connectivity index (χ3v) is 4.96. The molecule has 2 fully saturated rings. The molecule has 0 saturated carbocycles. The van der Waals surface area contributed by atoms with Crippen LogP contribution >= 0.6 is 0 Å². The van der Waals surface area contributed by atoms with Crippen molar-refractivity contribution in [1.29, 1.82) is 0 Å². The van der Waals surface area contributed by atoms with Gasteiger partial charge in [0, 0.05) is 32.2 Å². The number of carbonyl (C=O) groups is 1. The molecule has 3 rings (SSSR count). The van der Waals surface area contributed by atoms with E-state index in [1.54, 1.807) is 0 Å². The number of hydrogen-bond acceptors (Lipinski definition) is 3. The molecule has 0 unspecified atom stereocenters. The highest BCUT2D eigenvalue weighted by molar-refractivity contribution is 5.79. The van der Waals surface area contributed by atoms with E-state index in [1.165, 1.54) is 12.0 Å². The van der Waals surface area contributed by atoms with Gasteiger partial charge in [-0.2, -0.15) is 0 Å². The smallest absolute Gasteiger partial charge is 0.227 e. The van der Waals surface area contributed by atoms with E-state index in [9.17, 15) is 4.79 Å². The number of hydrogen-bond donors (Lipinski definition) is 0. The molecule has 2 aliphatic heterocycles. The van der Waals surface area contributed by atoms with Gasteiger partial charge in [-0.15, -0.1) is 0 Å². The molecule has 0 aliphatic carbocycles. The Bertz CT molecular complexity index is 526. The number of benzene rings is 1. The molecular weight excluding hydrogens is 288 g/mol. The summed E-state index contributed by atoms with van der Waals surface area (Å²) in [5.41, 5.74) is 2.35. The van der Waals surface area contributed by atoms with Crippen LogP contribution in [0.15, 0.2) is 24.3 Å². The van der Waals surface area contributed by atoms with Gasteiger partial charge >= 0.3 is 0 Å². The number of carbonyl (C=O) groups excluding carboxylic acids is 1. The molecule has 0 N–H and O–H groups in total. The van der Waals surface area contributed by atoms with Crippen LogP contribution in [0.3, 0.4) is 0 Å². The van der Waals surface area contributed by atoms with E-state index in [0.717, 1.165) is 57.8 Å². The molecule has 2 saturated heterocycles. The minimum absolute atomic E-state index is 0.286. The number of aryl methyl sites for hydroxylation is 1. The lowest BCUT2D eigenvalue weighted by Gasteiger charge is -2.39. The van der Waals surface area contributed by atoms with Crippen molar-refractivity contribution >= 4 is 5.91 Å². The summed E-state index contributed by atoms with van der Waals surface area (Å²) >= 11 is 0. The van der Waals surface area contributed by atoms with E-state index in [4.69, 9.17) is 4.74 Å². The van der Waals surface area contributed by atoms with Gasteiger partial charge in [0.15, 0.2) is 0 Å². The van der Waals surface area contributed by atoms with Crippen molar-refractivity contribution in [2.75, 3.05) is 39.4 Å². The Hall–Kier alpha value is -1.39. The van der Waals surface area contributed by atoms with Gasteiger partial charge in [0.2, 0.25) is 5.91 Å². The van der Waals surface area contributed by atoms with Gasteiger partial charge in [-0.3, -0.25) is 9.69 Å². The zero-order chi connectivity index (χ0) is 16.1. The third kappa shape index (κ3) is 4.55. The van der Waals surface area contributed by atoms with E-state index in [1.807, 2.05) is 6.07 Å². The number of piperidine rings is 1. The molecule has 0 aromatic heterocycles. The topological polar surface area (TPSA) is 32.8 Å². The van der Waals surface area contributed by atoms with Gasteiger partial charge in [-0.1, -0.05) is 29.8 Å². The van der Waals surface area contributed by atoms with Crippen LogP contribution in [-0.4, -0.2) is 61.1 Å². The molecule has 126 valence electrons. The highest BCUT2D eigenvalue weighted by Gasteiger charge is 2.28. The van der Waals surface area contributed by atoms with Crippen LogP contribution in [0.1, 0.15) is 30.4 Å². The average molecular weight is 316 g/mol. The third-order valence-electron chi connectivity index (χ3n) is 4.96. The Balaban J connectivity index is 1.61. The van der Waals surface area contributed by atoms with Crippen LogP contribution in [0.2, 0.25) is 0 Å². The molecule has 0 spiro atoms. The number of amides is 1. The summed E-state index contributed by atoms with van der Waals surface area (Å²) in [6, 6.07) is 8.68. The maximum Gasteiger partial charge on any atom is 0.227 e. The highest BCUT2D eigenvalue weighted by Crippen LogP contribution is 2.20. The number of ether oxygens (including phenoxy) is 1. The van der Waals surface area contributed by atoms with E-state index in [2.05, 4.69) is 34.9 Å². The monoisotopic (exact) mass is 316 g/mol. The minimum Gasteiger partial charge on any atom is -0.379 e. The zero-order valence-corrected chi connectivity index (χ0v) is 14.2. The normalized spacial score (nSPS) is 23.0. The quantitative estimate of drug-likeness (QED) is 0.854. The molecule has 4 nitrogen and oxygen atoms in total. The molecule has 4 heteroatoms. The van der Waals surface area contributed by atoms with Crippen LogP contribution in [-0.2, 0) is 16.0 Å². The minimum atomic E-state index is 0.286. The first-order chi connectivity index (χ1) is 11.2. The fraction of sp³-hybridized carbons (Fsp3) is 0.632. The first-order valence-electron chi connectivity index (χ1n) is 8.87. The Morgan fingerprint density at radius 1 is 1.22 bits per heavy atom. The maximum atomic E-state index is 12.8. The van der Waals surface area contributed by atoms with Crippen LogP contribution in [0.5, 0.6) is 0 Å². The van der Waals surface area contributed by atoms with Gasteiger partial charge in [-0.05, 0) is 31.7 Å². The van der Waals surface area contributed by atoms with Crippen molar-refractivity contribution in [3.8, 4) is 0 Å². The Morgan fingerprint density at radius 3 is 2.83 bits per heavy atom. The van der Waals surface area contributed by atoms with Gasteiger partial charge < -0.3 is 9.64 Å². The number of nitrogens with zero attached hydrogens (tertiary/aromatic N) is 2. The van der Waals surface area contributed by atoms with Crippen molar-refractivity contribution in [3.63, 3.8) is 0 Å². The van der Waals surface area contributed by atoms with Crippen molar-refractivity contribution in [1.82, 2.24) is 9.80 Å². The summed E-state index contributed by atoms with van der Waals surface area (Å²) in [4.78, 5) is 17.4. The highest BCUT2D eigenvalue weighted by atomic mass is 16.5.